The number of amides is 1. The molecule has 2 aromatic rings. The van der Waals surface area contributed by atoms with Gasteiger partial charge in [-0.3, -0.25) is 4.79 Å². The first-order chi connectivity index (χ1) is 17.3. The normalized spacial score (nSPS) is 24.0. The average molecular weight is 495 g/mol. The minimum absolute atomic E-state index is 0.106. The van der Waals surface area contributed by atoms with Gasteiger partial charge in [0, 0.05) is 18.3 Å². The van der Waals surface area contributed by atoms with E-state index in [4.69, 9.17) is 18.9 Å². The third-order valence-electron chi connectivity index (χ3n) is 7.05. The Labute approximate surface area is 209 Å². The number of esters is 2. The van der Waals surface area contributed by atoms with Crippen LogP contribution >= 0.6 is 0 Å². The van der Waals surface area contributed by atoms with Gasteiger partial charge in [0.1, 0.15) is 17.0 Å². The van der Waals surface area contributed by atoms with Gasteiger partial charge in [-0.05, 0) is 62.1 Å². The molecule has 0 aliphatic carbocycles. The van der Waals surface area contributed by atoms with Gasteiger partial charge in [-0.25, -0.2) is 9.59 Å². The third kappa shape index (κ3) is 4.39. The number of nitrogens with zero attached hydrogens (tertiary/aromatic N) is 1. The zero-order valence-corrected chi connectivity index (χ0v) is 20.9. The van der Waals surface area contributed by atoms with Gasteiger partial charge in [-0.1, -0.05) is 18.2 Å². The molecule has 1 N–H and O–H groups in total. The molecule has 9 heteroatoms. The predicted molar refractivity (Wildman–Crippen MR) is 130 cm³/mol. The van der Waals surface area contributed by atoms with Crippen LogP contribution in [0.25, 0.3) is 10.8 Å². The first-order valence-electron chi connectivity index (χ1n) is 12.2. The van der Waals surface area contributed by atoms with Crippen LogP contribution in [-0.2, 0) is 23.8 Å². The number of carbonyl (C=O) groups is 3. The second-order valence-corrected chi connectivity index (χ2v) is 9.61. The number of benzene rings is 2. The molecule has 0 unspecified atom stereocenters. The SMILES string of the molecule is CCOC(=O)/C(NC(=O)[C@@H](OC(=O)c1cc(OC)cc2c(C)cccc12)[C@]1(C)CO1)=C1/CC[C@@H]2CN12. The molecule has 0 aromatic heterocycles. The van der Waals surface area contributed by atoms with Crippen LogP contribution in [0.1, 0.15) is 42.6 Å². The highest BCUT2D eigenvalue weighted by Gasteiger charge is 2.54. The fraction of sp³-hybridized carbons (Fsp3) is 0.444. The van der Waals surface area contributed by atoms with Crippen LogP contribution in [0.3, 0.4) is 0 Å². The van der Waals surface area contributed by atoms with Crippen molar-refractivity contribution >= 4 is 28.6 Å². The van der Waals surface area contributed by atoms with E-state index in [1.807, 2.05) is 31.2 Å². The lowest BCUT2D eigenvalue weighted by Crippen LogP contribution is -2.47. The molecular weight excluding hydrogens is 464 g/mol. The molecule has 0 bridgehead atoms. The Morgan fingerprint density at radius 2 is 2.03 bits per heavy atom. The van der Waals surface area contributed by atoms with E-state index >= 15 is 0 Å². The zero-order valence-electron chi connectivity index (χ0n) is 20.9. The molecule has 0 spiro atoms. The second-order valence-electron chi connectivity index (χ2n) is 9.61. The van der Waals surface area contributed by atoms with E-state index in [-0.39, 0.29) is 24.5 Å². The summed E-state index contributed by atoms with van der Waals surface area (Å²) in [5.41, 5.74) is 1.12. The number of methoxy groups -OCH3 is 1. The Balaban J connectivity index is 1.44. The summed E-state index contributed by atoms with van der Waals surface area (Å²) < 4.78 is 21.9. The van der Waals surface area contributed by atoms with E-state index in [1.165, 1.54) is 7.11 Å². The number of allylic oxidation sites excluding steroid dienone is 1. The van der Waals surface area contributed by atoms with Gasteiger partial charge in [0.15, 0.2) is 0 Å². The van der Waals surface area contributed by atoms with Gasteiger partial charge in [-0.2, -0.15) is 0 Å². The molecule has 3 heterocycles. The molecular formula is C27H30N2O7. The Hall–Kier alpha value is -3.59. The Bertz CT molecular complexity index is 1280. The summed E-state index contributed by atoms with van der Waals surface area (Å²) in [4.78, 5) is 41.7. The van der Waals surface area contributed by atoms with Crippen LogP contribution in [0.4, 0.5) is 0 Å². The lowest BCUT2D eigenvalue weighted by Gasteiger charge is -2.23. The Morgan fingerprint density at radius 3 is 2.64 bits per heavy atom. The first-order valence-corrected chi connectivity index (χ1v) is 12.2. The molecule has 3 atom stereocenters. The number of ether oxygens (including phenoxy) is 4. The molecule has 3 aliphatic heterocycles. The lowest BCUT2D eigenvalue weighted by atomic mass is 9.99. The van der Waals surface area contributed by atoms with Crippen molar-refractivity contribution in [2.45, 2.75) is 51.4 Å². The minimum Gasteiger partial charge on any atom is -0.497 e. The molecule has 3 fully saturated rings. The van der Waals surface area contributed by atoms with Crippen molar-refractivity contribution < 1.29 is 33.3 Å². The second kappa shape index (κ2) is 9.13. The molecule has 2 aromatic carbocycles. The third-order valence-corrected chi connectivity index (χ3v) is 7.05. The maximum absolute atomic E-state index is 13.5. The number of hydrogen-bond acceptors (Lipinski definition) is 8. The maximum atomic E-state index is 13.5. The highest BCUT2D eigenvalue weighted by molar-refractivity contribution is 6.07. The molecule has 0 radical (unpaired) electrons. The number of rotatable bonds is 8. The number of fused-ring (bicyclic) bond motifs is 2. The number of hydrogen-bond donors (Lipinski definition) is 1. The predicted octanol–water partition coefficient (Wildman–Crippen LogP) is 2.84. The summed E-state index contributed by atoms with van der Waals surface area (Å²) in [6.07, 6.45) is 0.329. The van der Waals surface area contributed by atoms with E-state index in [1.54, 1.807) is 19.9 Å². The Morgan fingerprint density at radius 1 is 1.25 bits per heavy atom. The molecule has 36 heavy (non-hydrogen) atoms. The summed E-state index contributed by atoms with van der Waals surface area (Å²) >= 11 is 0. The van der Waals surface area contributed by atoms with Crippen molar-refractivity contribution in [3.05, 3.63) is 52.9 Å². The fourth-order valence-electron chi connectivity index (χ4n) is 4.80. The van der Waals surface area contributed by atoms with Crippen molar-refractivity contribution in [2.24, 2.45) is 0 Å². The van der Waals surface area contributed by atoms with Crippen molar-refractivity contribution in [1.82, 2.24) is 10.2 Å². The standard InChI is InChI=1S/C27H30N2O7/c1-5-34-26(32)22(21-10-9-16-13-29(16)21)28-24(30)23(27(3)14-35-27)36-25(31)20-12-17(33-4)11-19-15(2)7-6-8-18(19)20/h6-8,11-12,16,23H,5,9-10,13-14H2,1-4H3,(H,28,30)/b22-21+/t16-,23-,27+,29?/m1/s1. The summed E-state index contributed by atoms with van der Waals surface area (Å²) in [5.74, 6) is -1.41. The van der Waals surface area contributed by atoms with E-state index in [2.05, 4.69) is 10.2 Å². The summed E-state index contributed by atoms with van der Waals surface area (Å²) in [5, 5.41) is 4.25. The highest BCUT2D eigenvalue weighted by Crippen LogP contribution is 2.40. The fourth-order valence-corrected chi connectivity index (χ4v) is 4.80. The number of epoxide rings is 1. The van der Waals surface area contributed by atoms with Crippen molar-refractivity contribution in [3.63, 3.8) is 0 Å². The van der Waals surface area contributed by atoms with E-state index < -0.39 is 29.6 Å². The van der Waals surface area contributed by atoms with E-state index in [0.29, 0.717) is 23.6 Å². The monoisotopic (exact) mass is 494 g/mol. The molecule has 190 valence electrons. The highest BCUT2D eigenvalue weighted by atomic mass is 16.6. The van der Waals surface area contributed by atoms with Crippen molar-refractivity contribution in [3.8, 4) is 5.75 Å². The van der Waals surface area contributed by atoms with Crippen molar-refractivity contribution in [1.29, 1.82) is 0 Å². The molecule has 1 amide bonds. The first kappa shape index (κ1) is 24.1. The summed E-state index contributed by atoms with van der Waals surface area (Å²) in [6, 6.07) is 9.49. The van der Waals surface area contributed by atoms with Gasteiger partial charge in [0.05, 0.1) is 25.9 Å². The van der Waals surface area contributed by atoms with Crippen LogP contribution in [0.15, 0.2) is 41.7 Å². The van der Waals surface area contributed by atoms with Crippen LogP contribution in [-0.4, -0.2) is 67.4 Å². The molecule has 0 saturated carbocycles. The van der Waals surface area contributed by atoms with E-state index in [9.17, 15) is 14.4 Å². The molecule has 9 nitrogen and oxygen atoms in total. The van der Waals surface area contributed by atoms with Crippen LogP contribution in [0.2, 0.25) is 0 Å². The average Bonchev–Trinajstić information content (AvgIpc) is 3.78. The van der Waals surface area contributed by atoms with Crippen LogP contribution < -0.4 is 10.1 Å². The molecule has 3 aliphatic rings. The topological polar surface area (TPSA) is 106 Å². The number of piperidine rings is 1. The van der Waals surface area contributed by atoms with Gasteiger partial charge < -0.3 is 29.2 Å². The Kier molecular flexibility index (Phi) is 6.12. The largest absolute Gasteiger partial charge is 0.497 e. The van der Waals surface area contributed by atoms with Gasteiger partial charge in [-0.15, -0.1) is 0 Å². The van der Waals surface area contributed by atoms with Crippen LogP contribution in [0.5, 0.6) is 5.75 Å². The zero-order chi connectivity index (χ0) is 25.6. The van der Waals surface area contributed by atoms with Crippen molar-refractivity contribution in [2.75, 3.05) is 26.9 Å². The van der Waals surface area contributed by atoms with Gasteiger partial charge in [0.25, 0.3) is 5.91 Å². The number of nitrogens with one attached hydrogen (secondary N) is 1. The van der Waals surface area contributed by atoms with Gasteiger partial charge in [0.2, 0.25) is 6.10 Å². The van der Waals surface area contributed by atoms with Gasteiger partial charge >= 0.3 is 11.9 Å². The summed E-state index contributed by atoms with van der Waals surface area (Å²) in [7, 11) is 1.53. The number of aryl methyl sites for hydroxylation is 1. The van der Waals surface area contributed by atoms with Crippen LogP contribution in [0, 0.1) is 6.92 Å². The quantitative estimate of drug-likeness (QED) is 0.339. The number of carbonyl (C=O) groups excluding carboxylic acids is 3. The lowest BCUT2D eigenvalue weighted by molar-refractivity contribution is -0.141. The summed E-state index contributed by atoms with van der Waals surface area (Å²) in [6.45, 7) is 6.63. The maximum Gasteiger partial charge on any atom is 0.356 e. The van der Waals surface area contributed by atoms with E-state index in [0.717, 1.165) is 29.6 Å². The minimum atomic E-state index is -1.27. The molecule has 5 rings (SSSR count). The molecule has 3 saturated heterocycles. The smallest absolute Gasteiger partial charge is 0.356 e.